The average molecular weight is 444 g/mol. The van der Waals surface area contributed by atoms with E-state index in [1.54, 1.807) is 0 Å². The van der Waals surface area contributed by atoms with Crippen molar-refractivity contribution >= 4 is 23.8 Å². The minimum atomic E-state index is -1.02. The summed E-state index contributed by atoms with van der Waals surface area (Å²) in [7, 11) is 0. The van der Waals surface area contributed by atoms with Gasteiger partial charge in [0, 0.05) is 6.04 Å². The summed E-state index contributed by atoms with van der Waals surface area (Å²) in [6, 6.07) is 9.30. The highest BCUT2D eigenvalue weighted by atomic mass is 16.5. The Balaban J connectivity index is 1.47. The maximum Gasteiger partial charge on any atom is 0.327 e. The van der Waals surface area contributed by atoms with Crippen molar-refractivity contribution in [1.29, 1.82) is 0 Å². The molecule has 0 bridgehead atoms. The normalized spacial score (nSPS) is 24.7. The first-order chi connectivity index (χ1) is 15.2. The SMILES string of the molecule is CC(CCc1ccccc1)NC(=O)C(C)OC(=O)CN1C(=O)NC2(CCCCC2C)C1=O. The molecule has 1 aromatic rings. The number of ether oxygens (including phenoxy) is 1. The Kier molecular flexibility index (Phi) is 7.53. The molecule has 2 fully saturated rings. The molecule has 8 heteroatoms. The number of rotatable bonds is 8. The lowest BCUT2D eigenvalue weighted by atomic mass is 9.73. The second-order valence-electron chi connectivity index (χ2n) is 9.01. The highest BCUT2D eigenvalue weighted by Crippen LogP contribution is 2.38. The summed E-state index contributed by atoms with van der Waals surface area (Å²) >= 11 is 0. The van der Waals surface area contributed by atoms with Gasteiger partial charge in [-0.3, -0.25) is 19.3 Å². The number of esters is 1. The van der Waals surface area contributed by atoms with E-state index in [1.807, 2.05) is 44.2 Å². The first kappa shape index (κ1) is 23.8. The number of urea groups is 1. The van der Waals surface area contributed by atoms with E-state index in [1.165, 1.54) is 12.5 Å². The average Bonchev–Trinajstić information content (AvgIpc) is 3.00. The Labute approximate surface area is 189 Å². The Bertz CT molecular complexity index is 858. The van der Waals surface area contributed by atoms with Gasteiger partial charge in [-0.05, 0) is 51.0 Å². The van der Waals surface area contributed by atoms with Crippen LogP contribution in [0.5, 0.6) is 0 Å². The summed E-state index contributed by atoms with van der Waals surface area (Å²) in [6.07, 6.45) is 3.85. The fourth-order valence-electron chi connectivity index (χ4n) is 4.52. The molecule has 1 aromatic carbocycles. The molecule has 1 saturated heterocycles. The zero-order valence-electron chi connectivity index (χ0n) is 19.1. The van der Waals surface area contributed by atoms with Crippen molar-refractivity contribution in [1.82, 2.24) is 15.5 Å². The van der Waals surface area contributed by atoms with E-state index >= 15 is 0 Å². The minimum absolute atomic E-state index is 0.01000. The third-order valence-electron chi connectivity index (χ3n) is 6.56. The molecule has 4 atom stereocenters. The van der Waals surface area contributed by atoms with Crippen LogP contribution in [0.4, 0.5) is 4.79 Å². The third kappa shape index (κ3) is 5.29. The largest absolute Gasteiger partial charge is 0.451 e. The summed E-state index contributed by atoms with van der Waals surface area (Å²) < 4.78 is 5.21. The van der Waals surface area contributed by atoms with Crippen LogP contribution in [-0.4, -0.2) is 52.9 Å². The maximum absolute atomic E-state index is 12.9. The van der Waals surface area contributed by atoms with Crippen LogP contribution < -0.4 is 10.6 Å². The van der Waals surface area contributed by atoms with Crippen molar-refractivity contribution in [2.24, 2.45) is 5.92 Å². The lowest BCUT2D eigenvalue weighted by Gasteiger charge is -2.36. The molecule has 4 amide bonds. The van der Waals surface area contributed by atoms with Crippen LogP contribution in [0.25, 0.3) is 0 Å². The van der Waals surface area contributed by atoms with E-state index in [2.05, 4.69) is 10.6 Å². The molecule has 8 nitrogen and oxygen atoms in total. The van der Waals surface area contributed by atoms with Gasteiger partial charge in [-0.15, -0.1) is 0 Å². The van der Waals surface area contributed by atoms with Gasteiger partial charge in [0.05, 0.1) is 0 Å². The fraction of sp³-hybridized carbons (Fsp3) is 0.583. The number of imide groups is 1. The lowest BCUT2D eigenvalue weighted by Crippen LogP contribution is -2.54. The molecule has 1 saturated carbocycles. The lowest BCUT2D eigenvalue weighted by molar-refractivity contribution is -0.157. The molecule has 0 aromatic heterocycles. The monoisotopic (exact) mass is 443 g/mol. The van der Waals surface area contributed by atoms with Crippen molar-refractivity contribution in [3.05, 3.63) is 35.9 Å². The van der Waals surface area contributed by atoms with Gasteiger partial charge in [-0.1, -0.05) is 50.1 Å². The minimum Gasteiger partial charge on any atom is -0.451 e. The van der Waals surface area contributed by atoms with E-state index in [4.69, 9.17) is 4.74 Å². The van der Waals surface area contributed by atoms with Crippen LogP contribution in [0.1, 0.15) is 58.4 Å². The number of aryl methyl sites for hydroxylation is 1. The Morgan fingerprint density at radius 2 is 1.94 bits per heavy atom. The van der Waals surface area contributed by atoms with Gasteiger partial charge in [-0.2, -0.15) is 0 Å². The van der Waals surface area contributed by atoms with Crippen molar-refractivity contribution in [3.63, 3.8) is 0 Å². The molecule has 32 heavy (non-hydrogen) atoms. The third-order valence-corrected chi connectivity index (χ3v) is 6.56. The summed E-state index contributed by atoms with van der Waals surface area (Å²) in [5.41, 5.74) is 0.263. The number of nitrogens with zero attached hydrogens (tertiary/aromatic N) is 1. The second kappa shape index (κ2) is 10.1. The van der Waals surface area contributed by atoms with Crippen molar-refractivity contribution in [3.8, 4) is 0 Å². The van der Waals surface area contributed by atoms with Gasteiger partial charge in [0.15, 0.2) is 6.10 Å². The molecular formula is C24H33N3O5. The summed E-state index contributed by atoms with van der Waals surface area (Å²) in [5.74, 6) is -1.56. The summed E-state index contributed by atoms with van der Waals surface area (Å²) in [5, 5.41) is 5.65. The Morgan fingerprint density at radius 3 is 2.62 bits per heavy atom. The molecule has 2 N–H and O–H groups in total. The molecule has 174 valence electrons. The zero-order valence-corrected chi connectivity index (χ0v) is 19.1. The highest BCUT2D eigenvalue weighted by molar-refractivity contribution is 6.09. The van der Waals surface area contributed by atoms with Crippen molar-refractivity contribution < 1.29 is 23.9 Å². The molecule has 3 rings (SSSR count). The van der Waals surface area contributed by atoms with Crippen LogP contribution in [0.2, 0.25) is 0 Å². The van der Waals surface area contributed by atoms with Gasteiger partial charge in [0.1, 0.15) is 12.1 Å². The van der Waals surface area contributed by atoms with Crippen molar-refractivity contribution in [2.75, 3.05) is 6.54 Å². The fourth-order valence-corrected chi connectivity index (χ4v) is 4.52. The molecule has 4 unspecified atom stereocenters. The number of amides is 4. The van der Waals surface area contributed by atoms with Gasteiger partial charge in [-0.25, -0.2) is 4.79 Å². The van der Waals surface area contributed by atoms with E-state index in [-0.39, 0.29) is 17.9 Å². The van der Waals surface area contributed by atoms with Gasteiger partial charge in [0.2, 0.25) is 0 Å². The van der Waals surface area contributed by atoms with E-state index in [0.717, 1.165) is 37.0 Å². The second-order valence-corrected chi connectivity index (χ2v) is 9.01. The number of benzene rings is 1. The number of carbonyl (C=O) groups excluding carboxylic acids is 4. The zero-order chi connectivity index (χ0) is 23.3. The van der Waals surface area contributed by atoms with E-state index in [0.29, 0.717) is 6.42 Å². The van der Waals surface area contributed by atoms with Crippen LogP contribution in [0, 0.1) is 5.92 Å². The first-order valence-electron chi connectivity index (χ1n) is 11.4. The summed E-state index contributed by atoms with van der Waals surface area (Å²) in [4.78, 5) is 51.0. The van der Waals surface area contributed by atoms with Gasteiger partial charge >= 0.3 is 12.0 Å². The van der Waals surface area contributed by atoms with Gasteiger partial charge in [0.25, 0.3) is 11.8 Å². The smallest absolute Gasteiger partial charge is 0.327 e. The Hall–Kier alpha value is -2.90. The molecule has 0 radical (unpaired) electrons. The first-order valence-corrected chi connectivity index (χ1v) is 11.4. The quantitative estimate of drug-likeness (QED) is 0.475. The molecular weight excluding hydrogens is 410 g/mol. The van der Waals surface area contributed by atoms with Crippen LogP contribution in [0.3, 0.4) is 0 Å². The predicted octanol–water partition coefficient (Wildman–Crippen LogP) is 2.56. The Morgan fingerprint density at radius 1 is 1.22 bits per heavy atom. The highest BCUT2D eigenvalue weighted by Gasteiger charge is 2.55. The molecule has 1 heterocycles. The number of hydrogen-bond acceptors (Lipinski definition) is 5. The van der Waals surface area contributed by atoms with E-state index < -0.39 is 36.1 Å². The van der Waals surface area contributed by atoms with E-state index in [9.17, 15) is 19.2 Å². The van der Waals surface area contributed by atoms with Crippen LogP contribution >= 0.6 is 0 Å². The number of hydrogen-bond donors (Lipinski definition) is 2. The maximum atomic E-state index is 12.9. The van der Waals surface area contributed by atoms with Crippen LogP contribution in [0.15, 0.2) is 30.3 Å². The molecule has 2 aliphatic rings. The number of carbonyl (C=O) groups is 4. The molecule has 1 aliphatic heterocycles. The summed E-state index contributed by atoms with van der Waals surface area (Å²) in [6.45, 7) is 4.83. The topological polar surface area (TPSA) is 105 Å². The number of nitrogens with one attached hydrogen (secondary N) is 2. The predicted molar refractivity (Wildman–Crippen MR) is 119 cm³/mol. The van der Waals surface area contributed by atoms with Gasteiger partial charge < -0.3 is 15.4 Å². The van der Waals surface area contributed by atoms with Crippen molar-refractivity contribution in [2.45, 2.75) is 77.0 Å². The molecule has 1 spiro atoms. The molecule has 1 aliphatic carbocycles. The van der Waals surface area contributed by atoms with Crippen LogP contribution in [-0.2, 0) is 25.5 Å². The standard InChI is InChI=1S/C24H33N3O5/c1-16-9-7-8-14-24(16)22(30)27(23(31)26-24)15-20(28)32-18(3)21(29)25-17(2)12-13-19-10-5-4-6-11-19/h4-6,10-11,16-18H,7-9,12-15H2,1-3H3,(H,25,29)(H,26,31).